The Morgan fingerprint density at radius 2 is 1.95 bits per heavy atom. The van der Waals surface area contributed by atoms with Gasteiger partial charge >= 0.3 is 10.2 Å². The zero-order valence-corrected chi connectivity index (χ0v) is 12.9. The van der Waals surface area contributed by atoms with Crippen LogP contribution in [0.5, 0.6) is 5.75 Å². The average molecular weight is 312 g/mol. The summed E-state index contributed by atoms with van der Waals surface area (Å²) in [5.41, 5.74) is 2.06. The quantitative estimate of drug-likeness (QED) is 0.728. The van der Waals surface area contributed by atoms with E-state index in [9.17, 15) is 18.6 Å². The molecule has 0 saturated heterocycles. The van der Waals surface area contributed by atoms with Crippen molar-refractivity contribution in [2.75, 3.05) is 4.31 Å². The van der Waals surface area contributed by atoms with Crippen molar-refractivity contribution in [3.63, 3.8) is 0 Å². The maximum atomic E-state index is 11.9. The third kappa shape index (κ3) is 3.24. The number of aliphatic hydroxyl groups is 1. The molecule has 1 heterocycles. The van der Waals surface area contributed by atoms with E-state index in [0.29, 0.717) is 0 Å². The smallest absolute Gasteiger partial charge is 0.330 e. The van der Waals surface area contributed by atoms with Gasteiger partial charge in [0.1, 0.15) is 11.4 Å². The van der Waals surface area contributed by atoms with E-state index in [0.717, 1.165) is 47.3 Å². The minimum Gasteiger partial charge on any atom is -0.506 e. The number of rotatable bonds is 5. The van der Waals surface area contributed by atoms with Gasteiger partial charge in [0.25, 0.3) is 0 Å². The fourth-order valence-electron chi connectivity index (χ4n) is 2.32. The second kappa shape index (κ2) is 5.85. The second-order valence-electron chi connectivity index (χ2n) is 5.14. The van der Waals surface area contributed by atoms with E-state index in [4.69, 9.17) is 0 Å². The SMILES string of the molecule is CCCCCc1cc(N2C=C(O)NS2(=O)=O)c(O)cc1C. The molecule has 3 N–H and O–H groups in total. The van der Waals surface area contributed by atoms with Crippen LogP contribution in [0, 0.1) is 6.92 Å². The lowest BCUT2D eigenvalue weighted by molar-refractivity contribution is 0.392. The molecule has 0 radical (unpaired) electrons. The standard InChI is InChI=1S/C14H20N2O4S/c1-3-4-5-6-11-8-12(13(17)7-10(11)2)16-9-14(18)15-21(16,19)20/h7-9,15,17-18H,3-6H2,1-2H3. The van der Waals surface area contributed by atoms with Crippen LogP contribution in [0.1, 0.15) is 37.3 Å². The first-order valence-electron chi connectivity index (χ1n) is 6.90. The number of aryl methyl sites for hydroxylation is 2. The Kier molecular flexibility index (Phi) is 4.32. The third-order valence-corrected chi connectivity index (χ3v) is 4.74. The van der Waals surface area contributed by atoms with Gasteiger partial charge in [0.2, 0.25) is 5.88 Å². The Bertz CT molecular complexity index is 668. The summed E-state index contributed by atoms with van der Waals surface area (Å²) in [5.74, 6) is -0.606. The maximum Gasteiger partial charge on any atom is 0.330 e. The molecular formula is C14H20N2O4S. The van der Waals surface area contributed by atoms with Crippen LogP contribution in [-0.4, -0.2) is 18.6 Å². The van der Waals surface area contributed by atoms with Crippen molar-refractivity contribution in [2.45, 2.75) is 39.5 Å². The predicted octanol–water partition coefficient (Wildman–Crippen LogP) is 2.44. The molecule has 1 aromatic carbocycles. The molecule has 0 bridgehead atoms. The van der Waals surface area contributed by atoms with Gasteiger partial charge < -0.3 is 10.2 Å². The Morgan fingerprint density at radius 1 is 1.24 bits per heavy atom. The zero-order chi connectivity index (χ0) is 15.6. The summed E-state index contributed by atoms with van der Waals surface area (Å²) >= 11 is 0. The number of nitrogens with zero attached hydrogens (tertiary/aromatic N) is 1. The number of nitrogens with one attached hydrogen (secondary N) is 1. The van der Waals surface area contributed by atoms with Gasteiger partial charge in [-0.05, 0) is 43.0 Å². The first kappa shape index (κ1) is 15.5. The van der Waals surface area contributed by atoms with E-state index in [1.165, 1.54) is 0 Å². The maximum absolute atomic E-state index is 11.9. The summed E-state index contributed by atoms with van der Waals surface area (Å²) in [6, 6.07) is 3.21. The third-order valence-electron chi connectivity index (χ3n) is 3.45. The molecule has 7 heteroatoms. The van der Waals surface area contributed by atoms with Crippen LogP contribution in [0.15, 0.2) is 24.2 Å². The number of phenols is 1. The Hall–Kier alpha value is -1.89. The van der Waals surface area contributed by atoms with Crippen LogP contribution in [0.25, 0.3) is 0 Å². The normalized spacial score (nSPS) is 16.7. The first-order chi connectivity index (χ1) is 9.85. The van der Waals surface area contributed by atoms with Crippen LogP contribution in [-0.2, 0) is 16.6 Å². The molecule has 0 unspecified atom stereocenters. The van der Waals surface area contributed by atoms with Gasteiger partial charge in [0, 0.05) is 0 Å². The Balaban J connectivity index is 2.38. The van der Waals surface area contributed by atoms with Crippen molar-refractivity contribution in [3.05, 3.63) is 35.3 Å². The molecule has 1 aliphatic heterocycles. The van der Waals surface area contributed by atoms with E-state index < -0.39 is 16.1 Å². The van der Waals surface area contributed by atoms with Gasteiger partial charge in [-0.25, -0.2) is 9.03 Å². The fourth-order valence-corrected chi connectivity index (χ4v) is 3.38. The van der Waals surface area contributed by atoms with Crippen LogP contribution in [0.3, 0.4) is 0 Å². The lowest BCUT2D eigenvalue weighted by atomic mass is 10.0. The molecule has 0 saturated carbocycles. The molecular weight excluding hydrogens is 292 g/mol. The summed E-state index contributed by atoms with van der Waals surface area (Å²) in [4.78, 5) is 0. The lowest BCUT2D eigenvalue weighted by Crippen LogP contribution is -2.29. The molecule has 2 rings (SSSR count). The molecule has 0 spiro atoms. The molecule has 21 heavy (non-hydrogen) atoms. The fraction of sp³-hybridized carbons (Fsp3) is 0.429. The minimum absolute atomic E-state index is 0.136. The number of hydrogen-bond acceptors (Lipinski definition) is 4. The number of phenolic OH excluding ortho intramolecular Hbond substituents is 1. The molecule has 0 aliphatic carbocycles. The summed E-state index contributed by atoms with van der Waals surface area (Å²) in [6.07, 6.45) is 5.07. The molecule has 116 valence electrons. The van der Waals surface area contributed by atoms with Crippen molar-refractivity contribution in [1.29, 1.82) is 0 Å². The van der Waals surface area contributed by atoms with Crippen LogP contribution < -0.4 is 9.03 Å². The summed E-state index contributed by atoms with van der Waals surface area (Å²) in [6.45, 7) is 4.00. The highest BCUT2D eigenvalue weighted by Gasteiger charge is 2.30. The van der Waals surface area contributed by atoms with Gasteiger partial charge in [-0.15, -0.1) is 0 Å². The van der Waals surface area contributed by atoms with Gasteiger partial charge in [0.15, 0.2) is 0 Å². The minimum atomic E-state index is -3.89. The largest absolute Gasteiger partial charge is 0.506 e. The van der Waals surface area contributed by atoms with Crippen LogP contribution in [0.4, 0.5) is 5.69 Å². The molecule has 0 fully saturated rings. The monoisotopic (exact) mass is 312 g/mol. The van der Waals surface area contributed by atoms with Crippen molar-refractivity contribution in [2.24, 2.45) is 0 Å². The molecule has 0 atom stereocenters. The van der Waals surface area contributed by atoms with E-state index in [-0.39, 0.29) is 11.4 Å². The number of aliphatic hydroxyl groups excluding tert-OH is 1. The van der Waals surface area contributed by atoms with Gasteiger partial charge in [0.05, 0.1) is 6.20 Å². The summed E-state index contributed by atoms with van der Waals surface area (Å²) in [5, 5.41) is 19.4. The van der Waals surface area contributed by atoms with Crippen LogP contribution in [0.2, 0.25) is 0 Å². The topological polar surface area (TPSA) is 89.9 Å². The lowest BCUT2D eigenvalue weighted by Gasteiger charge is -2.18. The first-order valence-corrected chi connectivity index (χ1v) is 8.34. The van der Waals surface area contributed by atoms with E-state index in [1.54, 1.807) is 12.1 Å². The average Bonchev–Trinajstić information content (AvgIpc) is 2.65. The number of hydrogen-bond donors (Lipinski definition) is 3. The molecule has 0 aromatic heterocycles. The number of aromatic hydroxyl groups is 1. The predicted molar refractivity (Wildman–Crippen MR) is 81.3 cm³/mol. The van der Waals surface area contributed by atoms with E-state index >= 15 is 0 Å². The van der Waals surface area contributed by atoms with Gasteiger partial charge in [-0.3, -0.25) is 0 Å². The molecule has 1 aromatic rings. The molecule has 6 nitrogen and oxygen atoms in total. The summed E-state index contributed by atoms with van der Waals surface area (Å²) < 4.78 is 26.6. The summed E-state index contributed by atoms with van der Waals surface area (Å²) in [7, 11) is -3.89. The van der Waals surface area contributed by atoms with Gasteiger partial charge in [-0.1, -0.05) is 19.8 Å². The Labute approximate surface area is 124 Å². The van der Waals surface area contributed by atoms with Crippen molar-refractivity contribution >= 4 is 15.9 Å². The van der Waals surface area contributed by atoms with Gasteiger partial charge in [-0.2, -0.15) is 8.42 Å². The van der Waals surface area contributed by atoms with Crippen LogP contribution >= 0.6 is 0 Å². The number of unbranched alkanes of at least 4 members (excludes halogenated alkanes) is 2. The highest BCUT2D eigenvalue weighted by molar-refractivity contribution is 7.91. The number of anilines is 1. The molecule has 1 aliphatic rings. The molecule has 0 amide bonds. The van der Waals surface area contributed by atoms with Crippen molar-refractivity contribution in [1.82, 2.24) is 4.72 Å². The highest BCUT2D eigenvalue weighted by atomic mass is 32.2. The van der Waals surface area contributed by atoms with E-state index in [1.807, 2.05) is 11.6 Å². The van der Waals surface area contributed by atoms with Crippen molar-refractivity contribution in [3.8, 4) is 5.75 Å². The Morgan fingerprint density at radius 3 is 2.52 bits per heavy atom. The second-order valence-corrected chi connectivity index (χ2v) is 6.69. The van der Waals surface area contributed by atoms with Crippen molar-refractivity contribution < 1.29 is 18.6 Å². The van der Waals surface area contributed by atoms with E-state index in [2.05, 4.69) is 6.92 Å². The number of benzene rings is 1. The highest BCUT2D eigenvalue weighted by Crippen LogP contribution is 2.34. The zero-order valence-electron chi connectivity index (χ0n) is 12.1.